The molecule has 2 N–H and O–H groups in total. The van der Waals surface area contributed by atoms with E-state index in [1.165, 1.54) is 11.3 Å². The summed E-state index contributed by atoms with van der Waals surface area (Å²) in [6.07, 6.45) is 0. The summed E-state index contributed by atoms with van der Waals surface area (Å²) < 4.78 is 11.2. The van der Waals surface area contributed by atoms with Crippen LogP contribution in [0, 0.1) is 0 Å². The van der Waals surface area contributed by atoms with Gasteiger partial charge in [-0.2, -0.15) is 0 Å². The number of ether oxygens (including phenoxy) is 2. The summed E-state index contributed by atoms with van der Waals surface area (Å²) in [4.78, 5) is 14.4. The molecule has 124 valence electrons. The van der Waals surface area contributed by atoms with Gasteiger partial charge in [-0.1, -0.05) is 11.6 Å². The second kappa shape index (κ2) is 8.19. The van der Waals surface area contributed by atoms with Gasteiger partial charge in [0.1, 0.15) is 6.54 Å². The van der Waals surface area contributed by atoms with Crippen molar-refractivity contribution in [1.29, 1.82) is 0 Å². The Balaban J connectivity index is 1.91. The minimum Gasteiger partial charge on any atom is -0.493 e. The lowest BCUT2D eigenvalue weighted by Gasteiger charge is -2.14. The smallest absolute Gasteiger partial charge is 0.279 e. The lowest BCUT2D eigenvalue weighted by atomic mass is 10.2. The molecule has 2 rings (SSSR count). The van der Waals surface area contributed by atoms with Gasteiger partial charge in [0.15, 0.2) is 18.0 Å². The molecule has 0 saturated heterocycles. The summed E-state index contributed by atoms with van der Waals surface area (Å²) in [5, 5.41) is 2.87. The molecule has 0 saturated carbocycles. The van der Waals surface area contributed by atoms with Crippen LogP contribution < -0.4 is 19.7 Å². The minimum absolute atomic E-state index is 0.0580. The number of amides is 1. The second-order valence-corrected chi connectivity index (χ2v) is 6.93. The maximum absolute atomic E-state index is 12.1. The van der Waals surface area contributed by atoms with E-state index in [4.69, 9.17) is 21.1 Å². The number of carbonyl (C=O) groups is 1. The summed E-state index contributed by atoms with van der Waals surface area (Å²) in [7, 11) is 5.11. The number of thiophene rings is 1. The van der Waals surface area contributed by atoms with E-state index in [1.54, 1.807) is 32.4 Å². The number of likely N-dealkylation sites (N-methyl/N-ethyl adjacent to an activating group) is 1. The maximum Gasteiger partial charge on any atom is 0.279 e. The highest BCUT2D eigenvalue weighted by Gasteiger charge is 2.13. The molecular formula is C16H20ClN2O3S+. The van der Waals surface area contributed by atoms with Crippen LogP contribution in [0.2, 0.25) is 4.34 Å². The van der Waals surface area contributed by atoms with Gasteiger partial charge in [0.25, 0.3) is 5.91 Å². The van der Waals surface area contributed by atoms with Gasteiger partial charge >= 0.3 is 0 Å². The molecule has 1 heterocycles. The van der Waals surface area contributed by atoms with E-state index >= 15 is 0 Å². The molecule has 0 radical (unpaired) electrons. The Labute approximate surface area is 144 Å². The highest BCUT2D eigenvalue weighted by Crippen LogP contribution is 2.29. The van der Waals surface area contributed by atoms with E-state index in [0.29, 0.717) is 23.7 Å². The SMILES string of the molecule is COc1ccc(NC(=O)C[NH+](C)Cc2ccc(Cl)s2)cc1OC. The summed E-state index contributed by atoms with van der Waals surface area (Å²) in [6, 6.07) is 9.15. The third-order valence-electron chi connectivity index (χ3n) is 3.23. The largest absolute Gasteiger partial charge is 0.493 e. The summed E-state index contributed by atoms with van der Waals surface area (Å²) in [5.74, 6) is 1.15. The fraction of sp³-hybridized carbons (Fsp3) is 0.312. The number of anilines is 1. The van der Waals surface area contributed by atoms with E-state index in [9.17, 15) is 4.79 Å². The van der Waals surface area contributed by atoms with Crippen molar-refractivity contribution in [3.63, 3.8) is 0 Å². The van der Waals surface area contributed by atoms with Crippen molar-refractivity contribution in [3.05, 3.63) is 39.5 Å². The number of hydrogen-bond acceptors (Lipinski definition) is 4. The summed E-state index contributed by atoms with van der Waals surface area (Å²) >= 11 is 7.46. The molecule has 0 aliphatic carbocycles. The van der Waals surface area contributed by atoms with Gasteiger partial charge in [-0.3, -0.25) is 4.79 Å². The zero-order valence-electron chi connectivity index (χ0n) is 13.3. The molecular weight excluding hydrogens is 336 g/mol. The molecule has 0 fully saturated rings. The van der Waals surface area contributed by atoms with Gasteiger partial charge in [0.05, 0.1) is 30.5 Å². The summed E-state index contributed by atoms with van der Waals surface area (Å²) in [5.41, 5.74) is 0.680. The van der Waals surface area contributed by atoms with E-state index in [-0.39, 0.29) is 5.91 Å². The van der Waals surface area contributed by atoms with Crippen LogP contribution in [0.1, 0.15) is 4.88 Å². The number of halogens is 1. The average Bonchev–Trinajstić information content (AvgIpc) is 2.91. The first-order chi connectivity index (χ1) is 11.0. The molecule has 1 aromatic carbocycles. The van der Waals surface area contributed by atoms with E-state index in [2.05, 4.69) is 5.32 Å². The van der Waals surface area contributed by atoms with Crippen LogP contribution in [-0.4, -0.2) is 33.7 Å². The molecule has 1 aromatic heterocycles. The predicted molar refractivity (Wildman–Crippen MR) is 93.0 cm³/mol. The Hall–Kier alpha value is -1.76. The number of rotatable bonds is 7. The second-order valence-electron chi connectivity index (χ2n) is 5.13. The number of methoxy groups -OCH3 is 2. The van der Waals surface area contributed by atoms with Crippen molar-refractivity contribution in [1.82, 2.24) is 0 Å². The molecule has 0 aliphatic heterocycles. The Kier molecular flexibility index (Phi) is 6.27. The molecule has 2 aromatic rings. The standard InChI is InChI=1S/C16H19ClN2O3S/c1-19(9-12-5-7-15(17)23-12)10-16(20)18-11-4-6-13(21-2)14(8-11)22-3/h4-8H,9-10H2,1-3H3,(H,18,20)/p+1. The minimum atomic E-state index is -0.0580. The first-order valence-electron chi connectivity index (χ1n) is 7.09. The molecule has 0 aliphatic rings. The Morgan fingerprint density at radius 1 is 1.22 bits per heavy atom. The van der Waals surface area contributed by atoms with Crippen molar-refractivity contribution in [3.8, 4) is 11.5 Å². The molecule has 1 unspecified atom stereocenters. The van der Waals surface area contributed by atoms with Gasteiger partial charge in [0.2, 0.25) is 0 Å². The average molecular weight is 356 g/mol. The zero-order valence-corrected chi connectivity index (χ0v) is 14.9. The van der Waals surface area contributed by atoms with E-state index in [0.717, 1.165) is 20.7 Å². The van der Waals surface area contributed by atoms with Crippen LogP contribution in [0.15, 0.2) is 30.3 Å². The van der Waals surface area contributed by atoms with Crippen molar-refractivity contribution >= 4 is 34.5 Å². The van der Waals surface area contributed by atoms with Gasteiger partial charge in [-0.15, -0.1) is 11.3 Å². The van der Waals surface area contributed by atoms with Crippen molar-refractivity contribution in [2.45, 2.75) is 6.54 Å². The predicted octanol–water partition coefficient (Wildman–Crippen LogP) is 2.07. The number of carbonyl (C=O) groups excluding carboxylic acids is 1. The lowest BCUT2D eigenvalue weighted by molar-refractivity contribution is -0.884. The Morgan fingerprint density at radius 2 is 1.96 bits per heavy atom. The molecule has 1 atom stereocenters. The first-order valence-corrected chi connectivity index (χ1v) is 8.28. The Morgan fingerprint density at radius 3 is 2.57 bits per heavy atom. The third kappa shape index (κ3) is 5.13. The molecule has 7 heteroatoms. The normalized spacial score (nSPS) is 11.8. The van der Waals surface area contributed by atoms with Gasteiger partial charge in [0, 0.05) is 11.8 Å². The van der Waals surface area contributed by atoms with E-state index < -0.39 is 0 Å². The van der Waals surface area contributed by atoms with Crippen molar-refractivity contribution in [2.24, 2.45) is 0 Å². The number of benzene rings is 1. The highest BCUT2D eigenvalue weighted by atomic mass is 35.5. The highest BCUT2D eigenvalue weighted by molar-refractivity contribution is 7.16. The number of quaternary nitrogens is 1. The molecule has 5 nitrogen and oxygen atoms in total. The van der Waals surface area contributed by atoms with Gasteiger partial charge in [-0.25, -0.2) is 0 Å². The maximum atomic E-state index is 12.1. The van der Waals surface area contributed by atoms with Crippen LogP contribution in [0.3, 0.4) is 0 Å². The van der Waals surface area contributed by atoms with Crippen molar-refractivity contribution < 1.29 is 19.2 Å². The Bertz CT molecular complexity index is 675. The third-order valence-corrected chi connectivity index (χ3v) is 4.47. The number of nitrogens with one attached hydrogen (secondary N) is 2. The van der Waals surface area contributed by atoms with Crippen LogP contribution in [0.4, 0.5) is 5.69 Å². The fourth-order valence-corrected chi connectivity index (χ4v) is 3.40. The van der Waals surface area contributed by atoms with Crippen LogP contribution in [-0.2, 0) is 11.3 Å². The topological polar surface area (TPSA) is 52.0 Å². The fourth-order valence-electron chi connectivity index (χ4n) is 2.20. The quantitative estimate of drug-likeness (QED) is 0.799. The van der Waals surface area contributed by atoms with E-state index in [1.807, 2.05) is 19.2 Å². The molecule has 0 bridgehead atoms. The van der Waals surface area contributed by atoms with Gasteiger partial charge < -0.3 is 19.7 Å². The van der Waals surface area contributed by atoms with Crippen LogP contribution >= 0.6 is 22.9 Å². The van der Waals surface area contributed by atoms with Crippen LogP contribution in [0.5, 0.6) is 11.5 Å². The molecule has 0 spiro atoms. The summed E-state index contributed by atoms with van der Waals surface area (Å²) in [6.45, 7) is 1.13. The molecule has 23 heavy (non-hydrogen) atoms. The van der Waals surface area contributed by atoms with Crippen LogP contribution in [0.25, 0.3) is 0 Å². The first kappa shape index (κ1) is 17.6. The van der Waals surface area contributed by atoms with Gasteiger partial charge in [-0.05, 0) is 24.3 Å². The zero-order chi connectivity index (χ0) is 16.8. The monoisotopic (exact) mass is 355 g/mol. The lowest BCUT2D eigenvalue weighted by Crippen LogP contribution is -3.08. The number of hydrogen-bond donors (Lipinski definition) is 2. The van der Waals surface area contributed by atoms with Crippen molar-refractivity contribution in [2.75, 3.05) is 33.1 Å². The molecule has 1 amide bonds.